The number of allylic oxidation sites excluding steroid dienone is 2. The summed E-state index contributed by atoms with van der Waals surface area (Å²) in [4.78, 5) is 8.65. The summed E-state index contributed by atoms with van der Waals surface area (Å²) in [5, 5.41) is 0. The highest BCUT2D eigenvalue weighted by molar-refractivity contribution is 7.57. The molecule has 0 fully saturated rings. The minimum atomic E-state index is -2.77. The second-order valence-corrected chi connectivity index (χ2v) is 4.27. The minimum Gasteiger partial charge on any atom is -0.344 e. The summed E-state index contributed by atoms with van der Waals surface area (Å²) in [7, 11) is -2.77. The molecule has 3 heteroatoms. The first kappa shape index (κ1) is 7.93. The molecular formula is C5H11O2P. The maximum atomic E-state index is 10.5. The van der Waals surface area contributed by atoms with E-state index in [-0.39, 0.29) is 0 Å². The second kappa shape index (κ2) is 3.06. The number of hydrogen-bond donors (Lipinski definition) is 1. The summed E-state index contributed by atoms with van der Waals surface area (Å²) in [6.07, 6.45) is 3.76. The van der Waals surface area contributed by atoms with Crippen LogP contribution in [0.5, 0.6) is 0 Å². The van der Waals surface area contributed by atoms with Crippen LogP contribution in [0, 0.1) is 0 Å². The highest BCUT2D eigenvalue weighted by Crippen LogP contribution is 2.34. The molecule has 0 heterocycles. The number of rotatable bonds is 2. The third-order valence-electron chi connectivity index (χ3n) is 0.680. The van der Waals surface area contributed by atoms with Crippen molar-refractivity contribution in [2.45, 2.75) is 6.92 Å². The zero-order valence-corrected chi connectivity index (χ0v) is 6.06. The van der Waals surface area contributed by atoms with Gasteiger partial charge in [0.2, 0.25) is 7.37 Å². The van der Waals surface area contributed by atoms with Gasteiger partial charge in [-0.25, -0.2) is 0 Å². The van der Waals surface area contributed by atoms with Crippen LogP contribution in [0.1, 0.15) is 6.92 Å². The molecule has 0 rings (SSSR count). The van der Waals surface area contributed by atoms with Gasteiger partial charge >= 0.3 is 0 Å². The summed E-state index contributed by atoms with van der Waals surface area (Å²) in [5.41, 5.74) is 0. The van der Waals surface area contributed by atoms with Crippen LogP contribution in [0.3, 0.4) is 0 Å². The van der Waals surface area contributed by atoms with E-state index in [9.17, 15) is 4.57 Å². The van der Waals surface area contributed by atoms with Crippen molar-refractivity contribution in [1.82, 2.24) is 0 Å². The zero-order chi connectivity index (χ0) is 6.62. The fourth-order valence-electron chi connectivity index (χ4n) is 0.301. The zero-order valence-electron chi connectivity index (χ0n) is 5.16. The Morgan fingerprint density at radius 2 is 2.25 bits per heavy atom. The predicted molar refractivity (Wildman–Crippen MR) is 35.4 cm³/mol. The van der Waals surface area contributed by atoms with Crippen molar-refractivity contribution < 1.29 is 9.46 Å². The molecule has 0 radical (unpaired) electrons. The monoisotopic (exact) mass is 134 g/mol. The van der Waals surface area contributed by atoms with E-state index in [1.807, 2.05) is 6.92 Å². The average Bonchev–Trinajstić information content (AvgIpc) is 1.59. The lowest BCUT2D eigenvalue weighted by molar-refractivity contribution is 0.488. The van der Waals surface area contributed by atoms with Crippen LogP contribution in [-0.4, -0.2) is 17.7 Å². The van der Waals surface area contributed by atoms with Gasteiger partial charge in [-0.1, -0.05) is 12.2 Å². The van der Waals surface area contributed by atoms with E-state index in [1.165, 1.54) is 6.66 Å². The first-order valence-electron chi connectivity index (χ1n) is 2.46. The molecule has 0 aromatic rings. The molecule has 0 aliphatic rings. The third kappa shape index (κ3) is 5.93. The Morgan fingerprint density at radius 3 is 2.38 bits per heavy atom. The maximum Gasteiger partial charge on any atom is 0.201 e. The minimum absolute atomic E-state index is 0.295. The Bertz CT molecular complexity index is 122. The molecule has 0 aromatic carbocycles. The van der Waals surface area contributed by atoms with E-state index >= 15 is 0 Å². The highest BCUT2D eigenvalue weighted by atomic mass is 31.2. The van der Waals surface area contributed by atoms with Gasteiger partial charge in [0.25, 0.3) is 0 Å². The first-order chi connectivity index (χ1) is 3.56. The van der Waals surface area contributed by atoms with Gasteiger partial charge in [0.1, 0.15) is 0 Å². The van der Waals surface area contributed by atoms with E-state index in [4.69, 9.17) is 4.89 Å². The van der Waals surface area contributed by atoms with Crippen molar-refractivity contribution in [3.63, 3.8) is 0 Å². The van der Waals surface area contributed by atoms with Crippen molar-refractivity contribution in [2.75, 3.05) is 12.8 Å². The molecule has 0 spiro atoms. The van der Waals surface area contributed by atoms with Crippen LogP contribution >= 0.6 is 7.37 Å². The maximum absolute atomic E-state index is 10.5. The molecule has 0 aliphatic heterocycles. The molecule has 0 aliphatic carbocycles. The summed E-state index contributed by atoms with van der Waals surface area (Å²) in [6.45, 7) is 3.18. The molecule has 1 unspecified atom stereocenters. The molecular weight excluding hydrogens is 123 g/mol. The second-order valence-electron chi connectivity index (χ2n) is 1.80. The van der Waals surface area contributed by atoms with Gasteiger partial charge in [0.15, 0.2) is 0 Å². The lowest BCUT2D eigenvalue weighted by Crippen LogP contribution is -1.78. The number of hydrogen-bond acceptors (Lipinski definition) is 1. The molecule has 1 atom stereocenters. The van der Waals surface area contributed by atoms with Crippen molar-refractivity contribution in [3.05, 3.63) is 12.2 Å². The lowest BCUT2D eigenvalue weighted by Gasteiger charge is -1.96. The van der Waals surface area contributed by atoms with E-state index in [1.54, 1.807) is 12.2 Å². The van der Waals surface area contributed by atoms with Crippen LogP contribution in [0.2, 0.25) is 0 Å². The fourth-order valence-corrected chi connectivity index (χ4v) is 0.903. The summed E-state index contributed by atoms with van der Waals surface area (Å²) in [5.74, 6) is 0. The van der Waals surface area contributed by atoms with Crippen LogP contribution < -0.4 is 0 Å². The van der Waals surface area contributed by atoms with Crippen molar-refractivity contribution in [2.24, 2.45) is 0 Å². The Morgan fingerprint density at radius 1 is 1.75 bits per heavy atom. The van der Waals surface area contributed by atoms with Crippen molar-refractivity contribution >= 4 is 7.37 Å². The standard InChI is InChI=1S/C5H11O2P/c1-3-4-5-8(2,6)7/h3-4H,5H2,1-2H3,(H,6,7)/b4-3+. The molecule has 0 amide bonds. The highest BCUT2D eigenvalue weighted by Gasteiger charge is 2.03. The molecule has 0 saturated carbocycles. The summed E-state index contributed by atoms with van der Waals surface area (Å²) in [6, 6.07) is 0. The van der Waals surface area contributed by atoms with Crippen LogP contribution in [0.15, 0.2) is 12.2 Å². The Hall–Kier alpha value is -0.0700. The lowest BCUT2D eigenvalue weighted by atomic mass is 10.6. The van der Waals surface area contributed by atoms with E-state index in [2.05, 4.69) is 0 Å². The van der Waals surface area contributed by atoms with E-state index in [0.717, 1.165) is 0 Å². The Balaban J connectivity index is 3.57. The van der Waals surface area contributed by atoms with Crippen molar-refractivity contribution in [1.29, 1.82) is 0 Å². The van der Waals surface area contributed by atoms with Gasteiger partial charge in [0.05, 0.1) is 0 Å². The van der Waals surface area contributed by atoms with Gasteiger partial charge in [0, 0.05) is 12.8 Å². The van der Waals surface area contributed by atoms with E-state index in [0.29, 0.717) is 6.16 Å². The van der Waals surface area contributed by atoms with Gasteiger partial charge in [-0.15, -0.1) is 0 Å². The molecule has 8 heavy (non-hydrogen) atoms. The Labute approximate surface area is 49.7 Å². The Kier molecular flexibility index (Phi) is 3.03. The molecule has 0 saturated heterocycles. The van der Waals surface area contributed by atoms with Crippen LogP contribution in [0.4, 0.5) is 0 Å². The first-order valence-corrected chi connectivity index (χ1v) is 4.76. The summed E-state index contributed by atoms with van der Waals surface area (Å²) >= 11 is 0. The fraction of sp³-hybridized carbons (Fsp3) is 0.600. The van der Waals surface area contributed by atoms with Crippen molar-refractivity contribution in [3.8, 4) is 0 Å². The average molecular weight is 134 g/mol. The van der Waals surface area contributed by atoms with Crippen LogP contribution in [0.25, 0.3) is 0 Å². The smallest absolute Gasteiger partial charge is 0.201 e. The molecule has 1 N–H and O–H groups in total. The normalized spacial score (nSPS) is 18.9. The topological polar surface area (TPSA) is 37.3 Å². The predicted octanol–water partition coefficient (Wildman–Crippen LogP) is 1.46. The molecule has 2 nitrogen and oxygen atoms in total. The van der Waals surface area contributed by atoms with Gasteiger partial charge in [-0.2, -0.15) is 0 Å². The van der Waals surface area contributed by atoms with Gasteiger partial charge < -0.3 is 4.89 Å². The summed E-state index contributed by atoms with van der Waals surface area (Å²) < 4.78 is 10.5. The van der Waals surface area contributed by atoms with Gasteiger partial charge in [-0.3, -0.25) is 4.57 Å². The largest absolute Gasteiger partial charge is 0.344 e. The quantitative estimate of drug-likeness (QED) is 0.458. The molecule has 0 aromatic heterocycles. The van der Waals surface area contributed by atoms with Gasteiger partial charge in [-0.05, 0) is 6.92 Å². The van der Waals surface area contributed by atoms with E-state index < -0.39 is 7.37 Å². The molecule has 0 bridgehead atoms. The molecule has 48 valence electrons. The SMILES string of the molecule is C/C=C/CP(C)(=O)O. The third-order valence-corrected chi connectivity index (χ3v) is 1.57. The van der Waals surface area contributed by atoms with Crippen LogP contribution in [-0.2, 0) is 4.57 Å².